The number of carbonyl (C=O) groups excluding carboxylic acids is 1. The maximum Gasteiger partial charge on any atom is 0.316 e. The molecule has 2 aliphatic heterocycles. The molecule has 13 nitrogen and oxygen atoms in total. The van der Waals surface area contributed by atoms with Crippen molar-refractivity contribution in [2.75, 3.05) is 45.6 Å². The van der Waals surface area contributed by atoms with Crippen molar-refractivity contribution >= 4 is 68.1 Å². The summed E-state index contributed by atoms with van der Waals surface area (Å²) in [5.41, 5.74) is 4.75. The van der Waals surface area contributed by atoms with Gasteiger partial charge in [0, 0.05) is 73.5 Å². The topological polar surface area (TPSA) is 172 Å². The van der Waals surface area contributed by atoms with Gasteiger partial charge in [-0.2, -0.15) is 4.72 Å². The van der Waals surface area contributed by atoms with Gasteiger partial charge in [0.2, 0.25) is 0 Å². The molecule has 0 bridgehead atoms. The molecule has 0 spiro atoms. The van der Waals surface area contributed by atoms with Crippen molar-refractivity contribution in [2.24, 2.45) is 5.41 Å². The lowest BCUT2D eigenvalue weighted by Crippen LogP contribution is -2.46. The van der Waals surface area contributed by atoms with Crippen LogP contribution in [-0.2, 0) is 22.7 Å². The fourth-order valence-corrected chi connectivity index (χ4v) is 10.1. The molecule has 1 aliphatic carbocycles. The van der Waals surface area contributed by atoms with E-state index in [4.69, 9.17) is 21.1 Å². The molecule has 3 aromatic carbocycles. The maximum absolute atomic E-state index is 15.5. The van der Waals surface area contributed by atoms with Crippen LogP contribution in [0.4, 0.5) is 10.1 Å². The largest absolute Gasteiger partial charge is 0.598 e. The van der Waals surface area contributed by atoms with Crippen LogP contribution in [0, 0.1) is 15.5 Å². The number of nitrogens with one attached hydrogen (secondary N) is 2. The summed E-state index contributed by atoms with van der Waals surface area (Å²) in [5, 5.41) is 13.6. The van der Waals surface area contributed by atoms with Crippen LogP contribution < -0.4 is 14.2 Å². The number of benzene rings is 3. The van der Waals surface area contributed by atoms with E-state index >= 15 is 4.39 Å². The Balaban J connectivity index is 0.992. The van der Waals surface area contributed by atoms with Crippen LogP contribution in [0.5, 0.6) is 17.2 Å². The van der Waals surface area contributed by atoms with Gasteiger partial charge in [0.05, 0.1) is 22.7 Å². The number of nitro benzene ring substituents is 1. The number of amides is 1. The fourth-order valence-electron chi connectivity index (χ4n) is 8.52. The highest BCUT2D eigenvalue weighted by atomic mass is 35.5. The number of alkyl halides is 1. The molecule has 64 heavy (non-hydrogen) atoms. The van der Waals surface area contributed by atoms with Gasteiger partial charge in [-0.25, -0.2) is 9.37 Å². The van der Waals surface area contributed by atoms with Crippen molar-refractivity contribution in [3.63, 3.8) is 0 Å². The molecule has 1 amide bonds. The lowest BCUT2D eigenvalue weighted by Gasteiger charge is -2.36. The Hall–Kier alpha value is -4.94. The van der Waals surface area contributed by atoms with E-state index in [0.29, 0.717) is 11.4 Å². The summed E-state index contributed by atoms with van der Waals surface area (Å²) >= 11 is 2.77. The molecule has 2 aromatic heterocycles. The number of ether oxygens (including phenoxy) is 2. The summed E-state index contributed by atoms with van der Waals surface area (Å²) in [6.45, 7) is 7.19. The van der Waals surface area contributed by atoms with E-state index in [-0.39, 0.29) is 53.3 Å². The van der Waals surface area contributed by atoms with Gasteiger partial charge in [0.15, 0.2) is 10.6 Å². The van der Waals surface area contributed by atoms with Gasteiger partial charge in [0.1, 0.15) is 47.0 Å². The number of aromatic nitrogens is 2. The van der Waals surface area contributed by atoms with Crippen molar-refractivity contribution < 1.29 is 32.7 Å². The molecule has 1 fully saturated rings. The second-order valence-corrected chi connectivity index (χ2v) is 20.4. The van der Waals surface area contributed by atoms with E-state index in [9.17, 15) is 24.0 Å². The second kappa shape index (κ2) is 19.3. The number of aromatic amines is 1. The third-order valence-electron chi connectivity index (χ3n) is 12.3. The van der Waals surface area contributed by atoms with Crippen molar-refractivity contribution in [3.8, 4) is 17.2 Å². The number of nitrogens with zero attached hydrogens (tertiary/aromatic N) is 4. The van der Waals surface area contributed by atoms with Crippen molar-refractivity contribution in [1.82, 2.24) is 23.9 Å². The predicted octanol–water partition coefficient (Wildman–Crippen LogP) is 9.60. The van der Waals surface area contributed by atoms with Crippen molar-refractivity contribution in [1.29, 1.82) is 0 Å². The van der Waals surface area contributed by atoms with Crippen LogP contribution in [0.15, 0.2) is 102 Å². The molecule has 1 saturated heterocycles. The Labute approximate surface area is 382 Å². The predicted molar refractivity (Wildman–Crippen MR) is 249 cm³/mol. The van der Waals surface area contributed by atoms with Gasteiger partial charge < -0.3 is 23.6 Å². The highest BCUT2D eigenvalue weighted by Crippen LogP contribution is 2.44. The molecule has 2 atom stereocenters. The number of carbonyl (C=O) groups is 1. The summed E-state index contributed by atoms with van der Waals surface area (Å²) < 4.78 is 57.0. The van der Waals surface area contributed by atoms with Crippen LogP contribution >= 0.6 is 11.6 Å². The van der Waals surface area contributed by atoms with Crippen molar-refractivity contribution in [2.45, 2.75) is 62.9 Å². The number of pyridine rings is 1. The van der Waals surface area contributed by atoms with Crippen LogP contribution in [0.1, 0.15) is 73.9 Å². The second-order valence-electron chi connectivity index (χ2n) is 17.4. The molecule has 0 saturated carbocycles. The number of allylic oxidation sites excluding steroid dienone is 1. The summed E-state index contributed by atoms with van der Waals surface area (Å²) in [6, 6.07) is 20.7. The minimum atomic E-state index is -2.25. The molecule has 17 heteroatoms. The quantitative estimate of drug-likeness (QED) is 0.0621. The van der Waals surface area contributed by atoms with Crippen molar-refractivity contribution in [3.05, 3.63) is 129 Å². The number of hydrogen-bond acceptors (Lipinski definition) is 10. The van der Waals surface area contributed by atoms with E-state index in [0.717, 1.165) is 72.9 Å². The molecular formula is C47H50ClFN6O7S2. The number of nitro groups is 1. The first-order chi connectivity index (χ1) is 30.6. The minimum Gasteiger partial charge on any atom is -0.598 e. The number of rotatable bonds is 14. The Morgan fingerprint density at radius 3 is 2.47 bits per heavy atom. The average molecular weight is 930 g/mol. The molecule has 0 radical (unpaired) electrons. The summed E-state index contributed by atoms with van der Waals surface area (Å²) in [5.74, 6) is -0.342. The van der Waals surface area contributed by atoms with Crippen LogP contribution in [0.2, 0.25) is 5.02 Å². The highest BCUT2D eigenvalue weighted by Gasteiger charge is 2.39. The first-order valence-electron chi connectivity index (χ1n) is 21.2. The smallest absolute Gasteiger partial charge is 0.316 e. The fraction of sp³-hybridized carbons (Fsp3) is 0.362. The van der Waals surface area contributed by atoms with E-state index in [1.807, 2.05) is 24.3 Å². The zero-order valence-corrected chi connectivity index (χ0v) is 38.3. The van der Waals surface area contributed by atoms with Gasteiger partial charge in [-0.15, -0.1) is 4.31 Å². The summed E-state index contributed by atoms with van der Waals surface area (Å²) in [6.07, 6.45) is 11.1. The van der Waals surface area contributed by atoms with E-state index in [2.05, 4.69) is 51.6 Å². The average Bonchev–Trinajstić information content (AvgIpc) is 3.75. The first-order valence-corrected chi connectivity index (χ1v) is 24.2. The number of halogens is 2. The van der Waals surface area contributed by atoms with E-state index in [1.54, 1.807) is 34.9 Å². The Kier molecular flexibility index (Phi) is 13.7. The lowest BCUT2D eigenvalue weighted by atomic mass is 9.72. The van der Waals surface area contributed by atoms with Crippen LogP contribution in [0.25, 0.3) is 22.2 Å². The zero-order chi connectivity index (χ0) is 45.2. The zero-order valence-electron chi connectivity index (χ0n) is 35.9. The minimum absolute atomic E-state index is 0.0548. The van der Waals surface area contributed by atoms with Gasteiger partial charge in [-0.3, -0.25) is 19.8 Å². The third-order valence-corrected chi connectivity index (χ3v) is 14.7. The molecule has 2 unspecified atom stereocenters. The molecule has 5 aromatic rings. The molecule has 336 valence electrons. The Morgan fingerprint density at radius 1 is 0.984 bits per heavy atom. The van der Waals surface area contributed by atoms with Gasteiger partial charge >= 0.3 is 5.69 Å². The maximum atomic E-state index is 15.5. The van der Waals surface area contributed by atoms with E-state index < -0.39 is 51.5 Å². The van der Waals surface area contributed by atoms with Crippen LogP contribution in [0.3, 0.4) is 0 Å². The molecule has 3 aliphatic rings. The number of piperidine rings is 1. The van der Waals surface area contributed by atoms with E-state index in [1.165, 1.54) is 35.1 Å². The number of H-pyrrole nitrogens is 1. The van der Waals surface area contributed by atoms with Gasteiger partial charge in [-0.05, 0) is 102 Å². The Morgan fingerprint density at radius 2 is 1.75 bits per heavy atom. The number of hydrogen-bond donors (Lipinski definition) is 2. The summed E-state index contributed by atoms with van der Waals surface area (Å²) in [7, 11) is 0. The number of fused-ring (bicyclic) bond motifs is 1. The molecular weight excluding hydrogens is 879 g/mol. The normalized spacial score (nSPS) is 18.9. The first kappa shape index (κ1) is 45.6. The molecule has 4 heterocycles. The van der Waals surface area contributed by atoms with Gasteiger partial charge in [-0.1, -0.05) is 55.3 Å². The van der Waals surface area contributed by atoms with Crippen LogP contribution in [-0.4, -0.2) is 90.4 Å². The van der Waals surface area contributed by atoms with Gasteiger partial charge in [0.25, 0.3) is 5.91 Å². The monoisotopic (exact) mass is 928 g/mol. The molecule has 2 N–H and O–H groups in total. The summed E-state index contributed by atoms with van der Waals surface area (Å²) in [4.78, 5) is 35.2. The Bertz CT molecular complexity index is 2600. The lowest BCUT2D eigenvalue weighted by molar-refractivity contribution is -0.386. The molecule has 8 rings (SSSR count). The third kappa shape index (κ3) is 10.8. The SMILES string of the molecule is C[S+]([O-])N1CCC(F)(COc2ccc([S+]([O-])NC(=O)c3ccc(C4=CCN(CC5=C(c6ccc(Cl)cc6)CC(C)(C)CC5)CC4)cc3Oc3cnc4[nH]ccc4c3)cc2[N+](=O)[O-])CC1. The standard InChI is InChI=1S/C47H50ClFN6O7S2/c1-46(2)16-12-35(40(27-46)32-4-7-36(48)8-5-32)29-53-20-14-31(15-21-53)33-6-10-39(43(25-33)62-37-24-34-13-19-50-44(34)51-28-37)45(56)52-64(60)38-9-11-42(41(26-38)55(57)58)61-30-47(49)17-22-54(23-18-47)63(3)59/h4-11,13-14,19,24-26,28H,12,15-18,20-23,27,29-30H2,1-3H3,(H,50,51)(H,52,56). The highest BCUT2D eigenvalue weighted by molar-refractivity contribution is 7.90.